The Morgan fingerprint density at radius 1 is 1.50 bits per heavy atom. The maximum Gasteiger partial charge on any atom is 0.195 e. The van der Waals surface area contributed by atoms with Gasteiger partial charge in [0, 0.05) is 21.6 Å². The van der Waals surface area contributed by atoms with Crippen LogP contribution in [0, 0.1) is 10.7 Å². The highest BCUT2D eigenvalue weighted by Crippen LogP contribution is 2.30. The van der Waals surface area contributed by atoms with Crippen molar-refractivity contribution in [2.45, 2.75) is 20.4 Å². The van der Waals surface area contributed by atoms with Crippen LogP contribution in [0.1, 0.15) is 13.8 Å². The highest BCUT2D eigenvalue weighted by atomic mass is 79.9. The fourth-order valence-electron chi connectivity index (χ4n) is 1.73. The van der Waals surface area contributed by atoms with E-state index in [-0.39, 0.29) is 0 Å². The van der Waals surface area contributed by atoms with Crippen molar-refractivity contribution in [1.82, 2.24) is 14.8 Å². The van der Waals surface area contributed by atoms with Crippen LogP contribution < -0.4 is 0 Å². The molecule has 0 radical (unpaired) electrons. The lowest BCUT2D eigenvalue weighted by Crippen LogP contribution is -2.06. The van der Waals surface area contributed by atoms with E-state index in [1.165, 1.54) is 0 Å². The number of H-pyrrole nitrogens is 1. The number of aromatic amines is 1. The van der Waals surface area contributed by atoms with Gasteiger partial charge in [0.15, 0.2) is 10.6 Å². The molecule has 0 aliphatic rings. The Hall–Kier alpha value is -0.650. The van der Waals surface area contributed by atoms with E-state index in [9.17, 15) is 0 Å². The van der Waals surface area contributed by atoms with E-state index >= 15 is 0 Å². The molecule has 1 aromatic heterocycles. The molecule has 2 rings (SSSR count). The van der Waals surface area contributed by atoms with Crippen molar-refractivity contribution < 1.29 is 0 Å². The number of nitrogens with one attached hydrogen (secondary N) is 1. The van der Waals surface area contributed by atoms with Gasteiger partial charge in [-0.15, -0.1) is 0 Å². The molecule has 0 amide bonds. The minimum Gasteiger partial charge on any atom is -0.300 e. The SMILES string of the molecule is CC(C)Cn1c(-c2cc(Cl)ccc2Br)n[nH]c1=S. The predicted molar refractivity (Wildman–Crippen MR) is 80.4 cm³/mol. The molecule has 3 nitrogen and oxygen atoms in total. The Labute approximate surface area is 124 Å². The molecule has 0 bridgehead atoms. The van der Waals surface area contributed by atoms with Crippen molar-refractivity contribution in [3.63, 3.8) is 0 Å². The van der Waals surface area contributed by atoms with Crippen molar-refractivity contribution >= 4 is 39.7 Å². The van der Waals surface area contributed by atoms with E-state index in [4.69, 9.17) is 23.8 Å². The number of halogens is 2. The lowest BCUT2D eigenvalue weighted by molar-refractivity contribution is 0.521. The van der Waals surface area contributed by atoms with Gasteiger partial charge in [-0.3, -0.25) is 9.67 Å². The van der Waals surface area contributed by atoms with Crippen LogP contribution in [0.2, 0.25) is 5.02 Å². The third-order valence-electron chi connectivity index (χ3n) is 2.48. The van der Waals surface area contributed by atoms with Gasteiger partial charge in [0.2, 0.25) is 0 Å². The van der Waals surface area contributed by atoms with Crippen LogP contribution in [0.15, 0.2) is 22.7 Å². The second kappa shape index (κ2) is 5.55. The first kappa shape index (κ1) is 13.8. The van der Waals surface area contributed by atoms with Gasteiger partial charge in [0.05, 0.1) is 0 Å². The van der Waals surface area contributed by atoms with Crippen molar-refractivity contribution in [3.05, 3.63) is 32.5 Å². The third kappa shape index (κ3) is 2.84. The van der Waals surface area contributed by atoms with Gasteiger partial charge in [-0.1, -0.05) is 41.4 Å². The van der Waals surface area contributed by atoms with E-state index in [1.54, 1.807) is 0 Å². The van der Waals surface area contributed by atoms with Gasteiger partial charge in [-0.2, -0.15) is 5.10 Å². The van der Waals surface area contributed by atoms with Gasteiger partial charge in [-0.05, 0) is 36.3 Å². The second-order valence-corrected chi connectivity index (χ2v) is 6.16. The molecular formula is C12H13BrClN3S. The van der Waals surface area contributed by atoms with Crippen LogP contribution in [0.5, 0.6) is 0 Å². The molecule has 0 unspecified atom stereocenters. The first-order chi connectivity index (χ1) is 8.49. The monoisotopic (exact) mass is 345 g/mol. The van der Waals surface area contributed by atoms with E-state index in [0.29, 0.717) is 15.7 Å². The number of aromatic nitrogens is 3. The number of nitrogens with zero attached hydrogens (tertiary/aromatic N) is 2. The summed E-state index contributed by atoms with van der Waals surface area (Å²) in [5.74, 6) is 1.30. The summed E-state index contributed by atoms with van der Waals surface area (Å²) in [6, 6.07) is 5.63. The number of rotatable bonds is 3. The number of benzene rings is 1. The summed E-state index contributed by atoms with van der Waals surface area (Å²) in [6.07, 6.45) is 0. The Kier molecular flexibility index (Phi) is 4.25. The topological polar surface area (TPSA) is 33.6 Å². The van der Waals surface area contributed by atoms with Crippen molar-refractivity contribution in [1.29, 1.82) is 0 Å². The normalized spacial score (nSPS) is 11.2. The van der Waals surface area contributed by atoms with Crippen LogP contribution in [-0.4, -0.2) is 14.8 Å². The van der Waals surface area contributed by atoms with Gasteiger partial charge in [0.25, 0.3) is 0 Å². The zero-order chi connectivity index (χ0) is 13.3. The predicted octanol–water partition coefficient (Wildman–Crippen LogP) is 4.68. The molecule has 0 aliphatic heterocycles. The fourth-order valence-corrected chi connectivity index (χ4v) is 2.53. The number of hydrogen-bond acceptors (Lipinski definition) is 2. The average Bonchev–Trinajstić information content (AvgIpc) is 2.64. The molecule has 6 heteroatoms. The zero-order valence-corrected chi connectivity index (χ0v) is 13.2. The Bertz CT molecular complexity index is 618. The van der Waals surface area contributed by atoms with Crippen molar-refractivity contribution in [2.24, 2.45) is 5.92 Å². The lowest BCUT2D eigenvalue weighted by atomic mass is 10.2. The van der Waals surface area contributed by atoms with E-state index in [2.05, 4.69) is 40.0 Å². The van der Waals surface area contributed by atoms with Crippen LogP contribution in [-0.2, 0) is 6.54 Å². The zero-order valence-electron chi connectivity index (χ0n) is 10.1. The Morgan fingerprint density at radius 3 is 2.89 bits per heavy atom. The van der Waals surface area contributed by atoms with Crippen LogP contribution >= 0.6 is 39.7 Å². The summed E-state index contributed by atoms with van der Waals surface area (Å²) in [6.45, 7) is 5.11. The highest BCUT2D eigenvalue weighted by Gasteiger charge is 2.13. The molecule has 0 atom stereocenters. The molecular weight excluding hydrogens is 334 g/mol. The van der Waals surface area contributed by atoms with Gasteiger partial charge in [0.1, 0.15) is 0 Å². The molecule has 0 spiro atoms. The maximum absolute atomic E-state index is 6.04. The standard InChI is InChI=1S/C12H13BrClN3S/c1-7(2)6-17-11(15-16-12(17)18)9-5-8(14)3-4-10(9)13/h3-5,7H,6H2,1-2H3,(H,16,18). The van der Waals surface area contributed by atoms with E-state index < -0.39 is 0 Å². The highest BCUT2D eigenvalue weighted by molar-refractivity contribution is 9.10. The summed E-state index contributed by atoms with van der Waals surface area (Å²) in [4.78, 5) is 0. The van der Waals surface area contributed by atoms with Gasteiger partial charge < -0.3 is 0 Å². The minimum absolute atomic E-state index is 0.492. The fraction of sp³-hybridized carbons (Fsp3) is 0.333. The lowest BCUT2D eigenvalue weighted by Gasteiger charge is -2.10. The van der Waals surface area contributed by atoms with Crippen molar-refractivity contribution in [2.75, 3.05) is 0 Å². The van der Waals surface area contributed by atoms with Gasteiger partial charge >= 0.3 is 0 Å². The average molecular weight is 347 g/mol. The Morgan fingerprint density at radius 2 is 2.22 bits per heavy atom. The molecule has 18 heavy (non-hydrogen) atoms. The second-order valence-electron chi connectivity index (χ2n) is 4.48. The molecule has 0 aliphatic carbocycles. The number of hydrogen-bond donors (Lipinski definition) is 1. The summed E-state index contributed by atoms with van der Waals surface area (Å²) >= 11 is 14.8. The minimum atomic E-state index is 0.492. The first-order valence-electron chi connectivity index (χ1n) is 5.59. The largest absolute Gasteiger partial charge is 0.300 e. The van der Waals surface area contributed by atoms with Gasteiger partial charge in [-0.25, -0.2) is 0 Å². The van der Waals surface area contributed by atoms with E-state index in [1.807, 2.05) is 22.8 Å². The molecule has 1 aromatic carbocycles. The van der Waals surface area contributed by atoms with Crippen molar-refractivity contribution in [3.8, 4) is 11.4 Å². The molecule has 0 saturated heterocycles. The smallest absolute Gasteiger partial charge is 0.195 e. The van der Waals surface area contributed by atoms with Crippen LogP contribution in [0.25, 0.3) is 11.4 Å². The maximum atomic E-state index is 6.04. The molecule has 1 heterocycles. The third-order valence-corrected chi connectivity index (χ3v) is 3.71. The van der Waals surface area contributed by atoms with Crippen LogP contribution in [0.4, 0.5) is 0 Å². The molecule has 96 valence electrons. The summed E-state index contributed by atoms with van der Waals surface area (Å²) in [5, 5.41) is 7.82. The quantitative estimate of drug-likeness (QED) is 0.819. The summed E-state index contributed by atoms with van der Waals surface area (Å²) in [5.41, 5.74) is 0.940. The molecule has 2 aromatic rings. The first-order valence-corrected chi connectivity index (χ1v) is 7.17. The summed E-state index contributed by atoms with van der Waals surface area (Å²) < 4.78 is 3.58. The Balaban J connectivity index is 2.57. The van der Waals surface area contributed by atoms with Crippen LogP contribution in [0.3, 0.4) is 0 Å². The molecule has 0 saturated carbocycles. The molecule has 1 N–H and O–H groups in total. The van der Waals surface area contributed by atoms with E-state index in [0.717, 1.165) is 22.4 Å². The summed E-state index contributed by atoms with van der Waals surface area (Å²) in [7, 11) is 0. The molecule has 0 fully saturated rings.